The van der Waals surface area contributed by atoms with Gasteiger partial charge in [-0.1, -0.05) is 59.3 Å². The average Bonchev–Trinajstić information content (AvgIpc) is 3.17. The van der Waals surface area contributed by atoms with Crippen molar-refractivity contribution in [3.05, 3.63) is 65.4 Å². The summed E-state index contributed by atoms with van der Waals surface area (Å²) >= 11 is 6.12. The summed E-state index contributed by atoms with van der Waals surface area (Å²) in [6, 6.07) is 9.19. The molecule has 0 bridgehead atoms. The Morgan fingerprint density at radius 1 is 1.29 bits per heavy atom. The first kappa shape index (κ1) is 13.6. The molecule has 5 heteroatoms. The number of carbonyl (C=O) groups excluding carboxylic acids is 1. The van der Waals surface area contributed by atoms with Gasteiger partial charge in [-0.3, -0.25) is 4.79 Å². The Kier molecular flexibility index (Phi) is 3.88. The second kappa shape index (κ2) is 5.97. The van der Waals surface area contributed by atoms with Gasteiger partial charge in [0.25, 0.3) is 0 Å². The van der Waals surface area contributed by atoms with Crippen LogP contribution in [-0.4, -0.2) is 11.1 Å². The van der Waals surface area contributed by atoms with Gasteiger partial charge in [0.15, 0.2) is 5.76 Å². The quantitative estimate of drug-likeness (QED) is 0.942. The summed E-state index contributed by atoms with van der Waals surface area (Å²) in [6.45, 7) is 0.300. The number of aromatic nitrogens is 1. The third-order valence-electron chi connectivity index (χ3n) is 3.20. The first-order valence-electron chi connectivity index (χ1n) is 6.57. The largest absolute Gasteiger partial charge is 0.359 e. The highest BCUT2D eigenvalue weighted by atomic mass is 35.5. The second-order valence-corrected chi connectivity index (χ2v) is 5.08. The van der Waals surface area contributed by atoms with Crippen molar-refractivity contribution < 1.29 is 9.32 Å². The molecule has 0 radical (unpaired) electrons. The Labute approximate surface area is 127 Å². The molecule has 0 fully saturated rings. The van der Waals surface area contributed by atoms with E-state index in [0.29, 0.717) is 23.0 Å². The predicted molar refractivity (Wildman–Crippen MR) is 80.6 cm³/mol. The number of nitrogens with one attached hydrogen (secondary N) is 1. The molecule has 2 aromatic rings. The molecule has 0 saturated carbocycles. The van der Waals surface area contributed by atoms with Crippen molar-refractivity contribution in [2.45, 2.75) is 6.54 Å². The molecule has 21 heavy (non-hydrogen) atoms. The van der Waals surface area contributed by atoms with Crippen molar-refractivity contribution in [2.24, 2.45) is 5.92 Å². The smallest absolute Gasteiger partial charge is 0.231 e. The minimum atomic E-state index is -0.198. The maximum absolute atomic E-state index is 11.9. The third-order valence-corrected chi connectivity index (χ3v) is 3.53. The zero-order valence-corrected chi connectivity index (χ0v) is 11.9. The first-order valence-corrected chi connectivity index (χ1v) is 6.95. The molecule has 4 nitrogen and oxygen atoms in total. The minimum Gasteiger partial charge on any atom is -0.359 e. The zero-order valence-electron chi connectivity index (χ0n) is 11.1. The number of allylic oxidation sites excluding steroid dienone is 2. The van der Waals surface area contributed by atoms with Gasteiger partial charge >= 0.3 is 0 Å². The maximum Gasteiger partial charge on any atom is 0.231 e. The topological polar surface area (TPSA) is 55.1 Å². The number of halogens is 1. The lowest BCUT2D eigenvalue weighted by Crippen LogP contribution is -2.27. The van der Waals surface area contributed by atoms with E-state index in [0.717, 1.165) is 5.56 Å². The number of hydrogen-bond acceptors (Lipinski definition) is 3. The summed E-state index contributed by atoms with van der Waals surface area (Å²) in [5.74, 6) is 0.330. The van der Waals surface area contributed by atoms with E-state index in [2.05, 4.69) is 10.5 Å². The summed E-state index contributed by atoms with van der Waals surface area (Å²) in [4.78, 5) is 11.9. The van der Waals surface area contributed by atoms with Crippen molar-refractivity contribution in [2.75, 3.05) is 0 Å². The van der Waals surface area contributed by atoms with E-state index in [1.165, 1.54) is 0 Å². The molecule has 0 atom stereocenters. The summed E-state index contributed by atoms with van der Waals surface area (Å²) in [5.41, 5.74) is 1.47. The van der Waals surface area contributed by atoms with Crippen LogP contribution >= 0.6 is 11.6 Å². The SMILES string of the molecule is O=C(NCc1cc(-c2ccccc2Cl)no1)C1C=CC=C1. The number of nitrogens with zero attached hydrogens (tertiary/aromatic N) is 1. The van der Waals surface area contributed by atoms with Gasteiger partial charge in [0, 0.05) is 11.6 Å². The van der Waals surface area contributed by atoms with Crippen LogP contribution in [0.1, 0.15) is 5.76 Å². The Bertz CT molecular complexity index is 707. The van der Waals surface area contributed by atoms with Crippen molar-refractivity contribution >= 4 is 17.5 Å². The highest BCUT2D eigenvalue weighted by molar-refractivity contribution is 6.33. The van der Waals surface area contributed by atoms with E-state index in [-0.39, 0.29) is 11.8 Å². The van der Waals surface area contributed by atoms with Crippen LogP contribution in [0, 0.1) is 5.92 Å². The number of hydrogen-bond donors (Lipinski definition) is 1. The van der Waals surface area contributed by atoms with E-state index in [9.17, 15) is 4.79 Å². The van der Waals surface area contributed by atoms with Crippen LogP contribution in [0.4, 0.5) is 0 Å². The fourth-order valence-electron chi connectivity index (χ4n) is 2.09. The van der Waals surface area contributed by atoms with Gasteiger partial charge in [0.05, 0.1) is 17.5 Å². The van der Waals surface area contributed by atoms with Gasteiger partial charge in [0.2, 0.25) is 5.91 Å². The van der Waals surface area contributed by atoms with Crippen LogP contribution in [-0.2, 0) is 11.3 Å². The van der Waals surface area contributed by atoms with Crippen LogP contribution in [0.2, 0.25) is 5.02 Å². The lowest BCUT2D eigenvalue weighted by Gasteiger charge is -2.05. The van der Waals surface area contributed by atoms with Gasteiger partial charge in [-0.2, -0.15) is 0 Å². The van der Waals surface area contributed by atoms with Crippen molar-refractivity contribution in [3.8, 4) is 11.3 Å². The summed E-state index contributed by atoms with van der Waals surface area (Å²) in [7, 11) is 0. The maximum atomic E-state index is 11.9. The second-order valence-electron chi connectivity index (χ2n) is 4.67. The van der Waals surface area contributed by atoms with Gasteiger partial charge in [-0.05, 0) is 6.07 Å². The summed E-state index contributed by atoms with van der Waals surface area (Å²) in [5, 5.41) is 7.41. The molecule has 1 heterocycles. The molecular formula is C16H13ClN2O2. The molecule has 1 aromatic heterocycles. The Balaban J connectivity index is 1.66. The molecule has 1 amide bonds. The lowest BCUT2D eigenvalue weighted by molar-refractivity contribution is -0.122. The van der Waals surface area contributed by atoms with E-state index in [1.54, 1.807) is 12.1 Å². The molecular weight excluding hydrogens is 288 g/mol. The van der Waals surface area contributed by atoms with Crippen LogP contribution < -0.4 is 5.32 Å². The standard InChI is InChI=1S/C16H13ClN2O2/c17-14-8-4-3-7-13(14)15-9-12(21-19-15)10-18-16(20)11-5-1-2-6-11/h1-9,11H,10H2,(H,18,20). The molecule has 0 spiro atoms. The Morgan fingerprint density at radius 2 is 2.05 bits per heavy atom. The van der Waals surface area contributed by atoms with Gasteiger partial charge < -0.3 is 9.84 Å². The van der Waals surface area contributed by atoms with Crippen LogP contribution in [0.5, 0.6) is 0 Å². The van der Waals surface area contributed by atoms with Crippen molar-refractivity contribution in [1.82, 2.24) is 10.5 Å². The fourth-order valence-corrected chi connectivity index (χ4v) is 2.32. The predicted octanol–water partition coefficient (Wildman–Crippen LogP) is 3.35. The third kappa shape index (κ3) is 3.06. The number of rotatable bonds is 4. The van der Waals surface area contributed by atoms with E-state index < -0.39 is 0 Å². The molecule has 0 saturated heterocycles. The van der Waals surface area contributed by atoms with Crippen LogP contribution in [0.25, 0.3) is 11.3 Å². The van der Waals surface area contributed by atoms with E-state index >= 15 is 0 Å². The molecule has 1 aliphatic carbocycles. The van der Waals surface area contributed by atoms with Gasteiger partial charge in [0.1, 0.15) is 5.69 Å². The lowest BCUT2D eigenvalue weighted by atomic mass is 10.1. The summed E-state index contributed by atoms with van der Waals surface area (Å²) < 4.78 is 5.23. The number of benzene rings is 1. The highest BCUT2D eigenvalue weighted by Crippen LogP contribution is 2.26. The molecule has 1 aromatic carbocycles. The Morgan fingerprint density at radius 3 is 2.81 bits per heavy atom. The average molecular weight is 301 g/mol. The van der Waals surface area contributed by atoms with Gasteiger partial charge in [-0.25, -0.2) is 0 Å². The van der Waals surface area contributed by atoms with Crippen LogP contribution in [0.3, 0.4) is 0 Å². The fraction of sp³-hybridized carbons (Fsp3) is 0.125. The molecule has 1 aliphatic rings. The molecule has 0 aliphatic heterocycles. The number of carbonyl (C=O) groups is 1. The molecule has 1 N–H and O–H groups in total. The number of amides is 1. The monoisotopic (exact) mass is 300 g/mol. The van der Waals surface area contributed by atoms with E-state index in [1.807, 2.05) is 42.5 Å². The Hall–Kier alpha value is -2.33. The zero-order chi connectivity index (χ0) is 14.7. The van der Waals surface area contributed by atoms with E-state index in [4.69, 9.17) is 16.1 Å². The molecule has 106 valence electrons. The van der Waals surface area contributed by atoms with Crippen molar-refractivity contribution in [1.29, 1.82) is 0 Å². The molecule has 0 unspecified atom stereocenters. The van der Waals surface area contributed by atoms with Crippen molar-refractivity contribution in [3.63, 3.8) is 0 Å². The normalized spacial score (nSPS) is 13.8. The van der Waals surface area contributed by atoms with Gasteiger partial charge in [-0.15, -0.1) is 0 Å². The first-order chi connectivity index (χ1) is 10.2. The molecule has 3 rings (SSSR count). The summed E-state index contributed by atoms with van der Waals surface area (Å²) in [6.07, 6.45) is 7.39. The highest BCUT2D eigenvalue weighted by Gasteiger charge is 2.15. The minimum absolute atomic E-state index is 0.0595. The van der Waals surface area contributed by atoms with Crippen LogP contribution in [0.15, 0.2) is 59.2 Å².